The van der Waals surface area contributed by atoms with Crippen LogP contribution in [0.15, 0.2) is 11.0 Å². The maximum Gasteiger partial charge on any atom is 0.105 e. The van der Waals surface area contributed by atoms with E-state index in [-0.39, 0.29) is 0 Å². The molecular formula is C4H5NS. The van der Waals surface area contributed by atoms with E-state index in [1.54, 1.807) is 13.0 Å². The predicted molar refractivity (Wildman–Crippen MR) is 28.4 cm³/mol. The fraction of sp³-hybridized carbons (Fsp3) is 0.250. The Labute approximate surface area is 42.7 Å². The van der Waals surface area contributed by atoms with Crippen LogP contribution < -0.4 is 0 Å². The van der Waals surface area contributed by atoms with Crippen LogP contribution in [0.5, 0.6) is 0 Å². The standard InChI is InChI=1S/C4H5NS/c1-2-4(6)3-5/h2,6H,1H3/b4-2-. The van der Waals surface area contributed by atoms with Crippen LogP contribution >= 0.6 is 12.6 Å². The van der Waals surface area contributed by atoms with Crippen molar-refractivity contribution in [3.8, 4) is 6.07 Å². The third-order valence-electron chi connectivity index (χ3n) is 0.388. The summed E-state index contributed by atoms with van der Waals surface area (Å²) in [5, 5.41) is 7.94. The molecule has 0 fully saturated rings. The van der Waals surface area contributed by atoms with Gasteiger partial charge in [-0.3, -0.25) is 0 Å². The van der Waals surface area contributed by atoms with Gasteiger partial charge in [0.1, 0.15) is 6.07 Å². The molecule has 0 rings (SSSR count). The molecule has 0 saturated carbocycles. The smallest absolute Gasteiger partial charge is 0.105 e. The van der Waals surface area contributed by atoms with E-state index in [4.69, 9.17) is 5.26 Å². The molecule has 6 heavy (non-hydrogen) atoms. The first kappa shape index (κ1) is 5.58. The van der Waals surface area contributed by atoms with Crippen molar-refractivity contribution in [2.45, 2.75) is 6.92 Å². The van der Waals surface area contributed by atoms with Gasteiger partial charge in [-0.1, -0.05) is 6.08 Å². The molecule has 1 nitrogen and oxygen atoms in total. The van der Waals surface area contributed by atoms with Crippen LogP contribution in [0.25, 0.3) is 0 Å². The fourth-order valence-corrected chi connectivity index (χ4v) is 0.0645. The van der Waals surface area contributed by atoms with Gasteiger partial charge in [0.05, 0.1) is 4.91 Å². The summed E-state index contributed by atoms with van der Waals surface area (Å²) in [6.07, 6.45) is 1.64. The van der Waals surface area contributed by atoms with Crippen LogP contribution in [-0.2, 0) is 0 Å². The Hall–Kier alpha value is -0.420. The summed E-state index contributed by atoms with van der Waals surface area (Å²) in [6, 6.07) is 1.84. The van der Waals surface area contributed by atoms with Crippen LogP contribution in [0.1, 0.15) is 6.92 Å². The van der Waals surface area contributed by atoms with Crippen molar-refractivity contribution < 1.29 is 0 Å². The van der Waals surface area contributed by atoms with Crippen LogP contribution in [-0.4, -0.2) is 0 Å². The first-order valence-electron chi connectivity index (χ1n) is 1.56. The Morgan fingerprint density at radius 1 is 2.00 bits per heavy atom. The number of hydrogen-bond donors (Lipinski definition) is 1. The maximum atomic E-state index is 7.94. The second kappa shape index (κ2) is 2.80. The topological polar surface area (TPSA) is 23.8 Å². The summed E-state index contributed by atoms with van der Waals surface area (Å²) < 4.78 is 0. The molecule has 0 N–H and O–H groups in total. The average Bonchev–Trinajstić information content (AvgIpc) is 1.65. The van der Waals surface area contributed by atoms with Crippen molar-refractivity contribution in [2.24, 2.45) is 0 Å². The minimum Gasteiger partial charge on any atom is -0.192 e. The van der Waals surface area contributed by atoms with Gasteiger partial charge in [-0.05, 0) is 6.92 Å². The second-order valence-corrected chi connectivity index (χ2v) is 1.27. The summed E-state index contributed by atoms with van der Waals surface area (Å²) >= 11 is 3.73. The summed E-state index contributed by atoms with van der Waals surface area (Å²) in [5.74, 6) is 0. The number of allylic oxidation sites excluding steroid dienone is 2. The molecule has 0 aliphatic heterocycles. The molecule has 0 bridgehead atoms. The largest absolute Gasteiger partial charge is 0.192 e. The van der Waals surface area contributed by atoms with E-state index in [1.807, 2.05) is 6.07 Å². The Morgan fingerprint density at radius 2 is 2.50 bits per heavy atom. The van der Waals surface area contributed by atoms with Crippen molar-refractivity contribution in [1.29, 1.82) is 5.26 Å². The quantitative estimate of drug-likeness (QED) is 0.359. The van der Waals surface area contributed by atoms with Crippen molar-refractivity contribution >= 4 is 12.6 Å². The summed E-state index contributed by atoms with van der Waals surface area (Å²) in [5.41, 5.74) is 0. The van der Waals surface area contributed by atoms with Crippen molar-refractivity contribution in [1.82, 2.24) is 0 Å². The minimum absolute atomic E-state index is 0.468. The molecule has 0 aromatic rings. The Balaban J connectivity index is 3.61. The van der Waals surface area contributed by atoms with E-state index in [0.717, 1.165) is 0 Å². The Morgan fingerprint density at radius 3 is 2.50 bits per heavy atom. The highest BCUT2D eigenvalue weighted by atomic mass is 32.1. The van der Waals surface area contributed by atoms with E-state index in [9.17, 15) is 0 Å². The summed E-state index contributed by atoms with van der Waals surface area (Å²) in [7, 11) is 0. The molecule has 0 radical (unpaired) electrons. The average molecular weight is 99.2 g/mol. The first-order chi connectivity index (χ1) is 2.81. The van der Waals surface area contributed by atoms with E-state index in [0.29, 0.717) is 4.91 Å². The second-order valence-electron chi connectivity index (χ2n) is 0.786. The predicted octanol–water partition coefficient (Wildman–Crippen LogP) is 1.34. The number of nitrogens with zero attached hydrogens (tertiary/aromatic N) is 1. The molecule has 32 valence electrons. The molecule has 0 aliphatic carbocycles. The molecule has 0 saturated heterocycles. The highest BCUT2D eigenvalue weighted by Gasteiger charge is 1.72. The lowest BCUT2D eigenvalue weighted by molar-refractivity contribution is 1.52. The number of hydrogen-bond acceptors (Lipinski definition) is 2. The van der Waals surface area contributed by atoms with Gasteiger partial charge in [0.15, 0.2) is 0 Å². The molecule has 0 aromatic carbocycles. The van der Waals surface area contributed by atoms with Crippen LogP contribution in [0, 0.1) is 11.3 Å². The zero-order valence-electron chi connectivity index (χ0n) is 3.47. The molecule has 0 atom stereocenters. The number of rotatable bonds is 0. The zero-order chi connectivity index (χ0) is 4.99. The Bertz CT molecular complexity index is 98.6. The molecule has 0 heterocycles. The van der Waals surface area contributed by atoms with Gasteiger partial charge in [-0.15, -0.1) is 12.6 Å². The maximum absolute atomic E-state index is 7.94. The van der Waals surface area contributed by atoms with Gasteiger partial charge in [0.25, 0.3) is 0 Å². The molecule has 0 aromatic heterocycles. The monoisotopic (exact) mass is 99.0 g/mol. The van der Waals surface area contributed by atoms with Gasteiger partial charge in [-0.25, -0.2) is 0 Å². The fourth-order valence-electron chi connectivity index (χ4n) is 0.0645. The Kier molecular flexibility index (Phi) is 2.60. The minimum atomic E-state index is 0.468. The number of nitriles is 1. The van der Waals surface area contributed by atoms with Crippen LogP contribution in [0.2, 0.25) is 0 Å². The lowest BCUT2D eigenvalue weighted by atomic mass is 10.6. The first-order valence-corrected chi connectivity index (χ1v) is 2.01. The SMILES string of the molecule is C/C=C(\S)C#N. The van der Waals surface area contributed by atoms with Crippen molar-refractivity contribution in [3.05, 3.63) is 11.0 Å². The lowest BCUT2D eigenvalue weighted by Crippen LogP contribution is -1.53. The molecule has 0 spiro atoms. The van der Waals surface area contributed by atoms with Crippen molar-refractivity contribution in [2.75, 3.05) is 0 Å². The van der Waals surface area contributed by atoms with Gasteiger partial charge < -0.3 is 0 Å². The molecule has 0 aliphatic rings. The normalized spacial score (nSPS) is 10.5. The molecule has 2 heteroatoms. The molecular weight excluding hydrogens is 94.1 g/mol. The van der Waals surface area contributed by atoms with Gasteiger partial charge in [0.2, 0.25) is 0 Å². The number of thiol groups is 1. The molecule has 0 amide bonds. The highest BCUT2D eigenvalue weighted by molar-refractivity contribution is 7.84. The lowest BCUT2D eigenvalue weighted by Gasteiger charge is -1.69. The van der Waals surface area contributed by atoms with Crippen LogP contribution in [0.4, 0.5) is 0 Å². The van der Waals surface area contributed by atoms with E-state index >= 15 is 0 Å². The van der Waals surface area contributed by atoms with E-state index in [2.05, 4.69) is 12.6 Å². The summed E-state index contributed by atoms with van der Waals surface area (Å²) in [6.45, 7) is 1.77. The third-order valence-corrected chi connectivity index (χ3v) is 0.746. The van der Waals surface area contributed by atoms with Gasteiger partial charge >= 0.3 is 0 Å². The molecule has 0 unspecified atom stereocenters. The third kappa shape index (κ3) is 1.86. The van der Waals surface area contributed by atoms with Gasteiger partial charge in [-0.2, -0.15) is 5.26 Å². The summed E-state index contributed by atoms with van der Waals surface area (Å²) in [4.78, 5) is 0.468. The van der Waals surface area contributed by atoms with E-state index in [1.165, 1.54) is 0 Å². The van der Waals surface area contributed by atoms with E-state index < -0.39 is 0 Å². The van der Waals surface area contributed by atoms with Crippen molar-refractivity contribution in [3.63, 3.8) is 0 Å². The van der Waals surface area contributed by atoms with Crippen LogP contribution in [0.3, 0.4) is 0 Å². The highest BCUT2D eigenvalue weighted by Crippen LogP contribution is 1.93. The van der Waals surface area contributed by atoms with Gasteiger partial charge in [0, 0.05) is 0 Å². The zero-order valence-corrected chi connectivity index (χ0v) is 4.37.